The van der Waals surface area contributed by atoms with E-state index in [2.05, 4.69) is 160 Å². The van der Waals surface area contributed by atoms with Crippen molar-refractivity contribution in [1.82, 2.24) is 0 Å². The van der Waals surface area contributed by atoms with Crippen LogP contribution in [-0.4, -0.2) is 49.3 Å². The van der Waals surface area contributed by atoms with Gasteiger partial charge in [0.25, 0.3) is 0 Å². The molecule has 0 spiro atoms. The monoisotopic (exact) mass is 976 g/mol. The minimum absolute atomic E-state index is 0.0373. The number of carbonyl (C=O) groups is 2. The number of allylic oxidation sites excluding steroid dienone is 24. The van der Waals surface area contributed by atoms with Crippen molar-refractivity contribution in [3.63, 3.8) is 0 Å². The quantitative estimate of drug-likeness (QED) is 0.0264. The highest BCUT2D eigenvalue weighted by Crippen LogP contribution is 2.43. The molecule has 0 rings (SSSR count). The van der Waals surface area contributed by atoms with Gasteiger partial charge in [-0.25, -0.2) is 4.57 Å². The minimum Gasteiger partial charge on any atom is -0.462 e. The number of hydrogen-bond acceptors (Lipinski definition) is 8. The smallest absolute Gasteiger partial charge is 0.462 e. The fourth-order valence-electron chi connectivity index (χ4n) is 6.40. The number of phosphoric ester groups is 1. The largest absolute Gasteiger partial charge is 0.472 e. The van der Waals surface area contributed by atoms with Crippen molar-refractivity contribution in [3.8, 4) is 0 Å². The summed E-state index contributed by atoms with van der Waals surface area (Å²) < 4.78 is 32.9. The van der Waals surface area contributed by atoms with E-state index in [1.165, 1.54) is 19.3 Å². The molecule has 388 valence electrons. The third-order valence-corrected chi connectivity index (χ3v) is 11.2. The van der Waals surface area contributed by atoms with Gasteiger partial charge in [-0.2, -0.15) is 0 Å². The summed E-state index contributed by atoms with van der Waals surface area (Å²) in [6, 6.07) is 0. The standard InChI is InChI=1S/C59H94NO8P/c1-3-5-7-9-11-13-15-17-19-21-22-23-24-25-26-27-28-29-30-31-32-33-34-36-38-40-42-44-46-48-50-52-59(62)68-57(56-67-69(63,64)66-54-53-60)55-65-58(61)51-49-47-45-43-41-39-37-35-20-18-16-14-12-10-8-6-4-2/h5-8,11-14,17-20,22-23,25-26,28-29,31-32,34,36,40,42,57H,3-4,9-10,15-16,21,24,27,30,33,35,37-39,41,43-56,60H2,1-2H3,(H,63,64)/b7-5-,8-6-,13-11-,14-12-,19-17-,20-18-,23-22-,26-25-,29-28-,32-31-,36-34-,42-40-. The van der Waals surface area contributed by atoms with E-state index in [9.17, 15) is 19.0 Å². The lowest BCUT2D eigenvalue weighted by Gasteiger charge is -2.19. The van der Waals surface area contributed by atoms with Crippen LogP contribution in [0.15, 0.2) is 146 Å². The van der Waals surface area contributed by atoms with Crippen LogP contribution in [0.3, 0.4) is 0 Å². The summed E-state index contributed by atoms with van der Waals surface area (Å²) in [5.41, 5.74) is 5.36. The Kier molecular flexibility index (Phi) is 50.1. The number of nitrogens with two attached hydrogens (primary N) is 1. The highest BCUT2D eigenvalue weighted by atomic mass is 31.2. The molecule has 3 N–H and O–H groups in total. The molecule has 0 aromatic heterocycles. The van der Waals surface area contributed by atoms with Crippen molar-refractivity contribution in [1.29, 1.82) is 0 Å². The number of hydrogen-bond donors (Lipinski definition) is 2. The van der Waals surface area contributed by atoms with E-state index >= 15 is 0 Å². The molecular weight excluding hydrogens is 882 g/mol. The normalized spacial score (nSPS) is 14.3. The Morgan fingerprint density at radius 3 is 1.13 bits per heavy atom. The summed E-state index contributed by atoms with van der Waals surface area (Å²) in [6.07, 6.45) is 76.0. The number of esters is 2. The van der Waals surface area contributed by atoms with E-state index in [0.29, 0.717) is 12.8 Å². The molecule has 9 nitrogen and oxygen atoms in total. The molecule has 0 bridgehead atoms. The van der Waals surface area contributed by atoms with Crippen LogP contribution in [-0.2, 0) is 32.7 Å². The van der Waals surface area contributed by atoms with Crippen molar-refractivity contribution in [2.24, 2.45) is 5.73 Å². The third-order valence-electron chi connectivity index (χ3n) is 10.2. The molecule has 0 fully saturated rings. The molecule has 0 saturated heterocycles. The molecule has 0 aromatic carbocycles. The Labute approximate surface area is 420 Å². The highest BCUT2D eigenvalue weighted by Gasteiger charge is 2.26. The summed E-state index contributed by atoms with van der Waals surface area (Å²) >= 11 is 0. The molecule has 0 aliphatic carbocycles. The third kappa shape index (κ3) is 53.1. The van der Waals surface area contributed by atoms with Gasteiger partial charge in [0.1, 0.15) is 6.61 Å². The first kappa shape index (κ1) is 64.9. The maximum absolute atomic E-state index is 12.7. The van der Waals surface area contributed by atoms with E-state index < -0.39 is 32.5 Å². The molecule has 69 heavy (non-hydrogen) atoms. The summed E-state index contributed by atoms with van der Waals surface area (Å²) in [4.78, 5) is 35.1. The van der Waals surface area contributed by atoms with Crippen LogP contribution in [0.1, 0.15) is 181 Å². The van der Waals surface area contributed by atoms with Crippen LogP contribution in [0.25, 0.3) is 0 Å². The second-order valence-electron chi connectivity index (χ2n) is 16.6. The van der Waals surface area contributed by atoms with Crippen LogP contribution >= 0.6 is 7.82 Å². The molecular formula is C59H94NO8P. The maximum atomic E-state index is 12.7. The summed E-state index contributed by atoms with van der Waals surface area (Å²) in [6.45, 7) is 3.43. The minimum atomic E-state index is -4.41. The van der Waals surface area contributed by atoms with Crippen LogP contribution in [0.2, 0.25) is 0 Å². The molecule has 0 heterocycles. The fourth-order valence-corrected chi connectivity index (χ4v) is 7.17. The van der Waals surface area contributed by atoms with E-state index in [1.54, 1.807) is 0 Å². The van der Waals surface area contributed by atoms with Gasteiger partial charge in [-0.1, -0.05) is 198 Å². The molecule has 0 aliphatic heterocycles. The lowest BCUT2D eigenvalue weighted by atomic mass is 10.1. The molecule has 0 aliphatic rings. The van der Waals surface area contributed by atoms with Crippen LogP contribution in [0.4, 0.5) is 0 Å². The fraction of sp³-hybridized carbons (Fsp3) is 0.559. The number of ether oxygens (including phenoxy) is 2. The molecule has 0 radical (unpaired) electrons. The topological polar surface area (TPSA) is 134 Å². The van der Waals surface area contributed by atoms with Crippen molar-refractivity contribution >= 4 is 19.8 Å². The molecule has 0 saturated carbocycles. The summed E-state index contributed by atoms with van der Waals surface area (Å²) in [7, 11) is -4.41. The molecule has 0 amide bonds. The maximum Gasteiger partial charge on any atom is 0.472 e. The number of unbranched alkanes of at least 4 members (excludes halogenated alkanes) is 10. The second kappa shape index (κ2) is 53.2. The van der Waals surface area contributed by atoms with Crippen LogP contribution < -0.4 is 5.73 Å². The Morgan fingerprint density at radius 2 is 0.754 bits per heavy atom. The highest BCUT2D eigenvalue weighted by molar-refractivity contribution is 7.47. The zero-order valence-corrected chi connectivity index (χ0v) is 43.9. The van der Waals surface area contributed by atoms with Crippen molar-refractivity contribution < 1.29 is 37.6 Å². The molecule has 2 unspecified atom stereocenters. The van der Waals surface area contributed by atoms with Gasteiger partial charge in [-0.05, 0) is 116 Å². The number of carbonyl (C=O) groups excluding carboxylic acids is 2. The first-order valence-corrected chi connectivity index (χ1v) is 27.8. The van der Waals surface area contributed by atoms with Gasteiger partial charge < -0.3 is 20.1 Å². The Morgan fingerprint density at radius 1 is 0.435 bits per heavy atom. The van der Waals surface area contributed by atoms with Crippen molar-refractivity contribution in [2.45, 2.75) is 187 Å². The Hall–Kier alpha value is -4.11. The Balaban J connectivity index is 4.17. The van der Waals surface area contributed by atoms with Gasteiger partial charge in [0.05, 0.1) is 13.2 Å². The predicted molar refractivity (Wildman–Crippen MR) is 293 cm³/mol. The lowest BCUT2D eigenvalue weighted by Crippen LogP contribution is -2.29. The molecule has 0 aromatic rings. The van der Waals surface area contributed by atoms with E-state index in [0.717, 1.165) is 122 Å². The van der Waals surface area contributed by atoms with Gasteiger partial charge in [0, 0.05) is 19.4 Å². The van der Waals surface area contributed by atoms with Gasteiger partial charge in [0.2, 0.25) is 0 Å². The summed E-state index contributed by atoms with van der Waals surface area (Å²) in [5.74, 6) is -0.892. The summed E-state index contributed by atoms with van der Waals surface area (Å²) in [5, 5.41) is 0. The van der Waals surface area contributed by atoms with E-state index in [4.69, 9.17) is 24.3 Å². The van der Waals surface area contributed by atoms with Crippen molar-refractivity contribution in [2.75, 3.05) is 26.4 Å². The SMILES string of the molecule is CC/C=C\C/C=C\C/C=C\C/C=C\C/C=C\C/C=C\C/C=C\C/C=C\C/C=C\CCCCCC(=O)OC(COC(=O)CCCCCCCCC/C=C\C/C=C\C/C=C\CC)COP(=O)(O)OCCN. The van der Waals surface area contributed by atoms with E-state index in [-0.39, 0.29) is 32.6 Å². The van der Waals surface area contributed by atoms with Gasteiger partial charge in [-0.3, -0.25) is 18.6 Å². The van der Waals surface area contributed by atoms with Crippen LogP contribution in [0, 0.1) is 0 Å². The first-order chi connectivity index (χ1) is 33.8. The average Bonchev–Trinajstić information content (AvgIpc) is 3.34. The number of phosphoric acid groups is 1. The first-order valence-electron chi connectivity index (χ1n) is 26.3. The van der Waals surface area contributed by atoms with E-state index in [1.807, 2.05) is 0 Å². The average molecular weight is 976 g/mol. The van der Waals surface area contributed by atoms with Crippen LogP contribution in [0.5, 0.6) is 0 Å². The zero-order valence-electron chi connectivity index (χ0n) is 43.0. The molecule has 10 heteroatoms. The predicted octanol–water partition coefficient (Wildman–Crippen LogP) is 16.4. The van der Waals surface area contributed by atoms with Gasteiger partial charge >= 0.3 is 19.8 Å². The number of rotatable bonds is 47. The van der Waals surface area contributed by atoms with Crippen molar-refractivity contribution in [3.05, 3.63) is 146 Å². The van der Waals surface area contributed by atoms with Gasteiger partial charge in [0.15, 0.2) is 6.10 Å². The molecule has 2 atom stereocenters. The van der Waals surface area contributed by atoms with Gasteiger partial charge in [-0.15, -0.1) is 0 Å². The second-order valence-corrected chi connectivity index (χ2v) is 18.1. The zero-order chi connectivity index (χ0) is 50.2. The Bertz CT molecular complexity index is 1630. The lowest BCUT2D eigenvalue weighted by molar-refractivity contribution is -0.161.